The van der Waals surface area contributed by atoms with Crippen molar-refractivity contribution >= 4 is 11.8 Å². The molecule has 0 aliphatic heterocycles. The van der Waals surface area contributed by atoms with E-state index in [2.05, 4.69) is 17.2 Å². The molecule has 0 unspecified atom stereocenters. The van der Waals surface area contributed by atoms with Crippen molar-refractivity contribution in [3.05, 3.63) is 39.4 Å². The smallest absolute Gasteiger partial charge is 0.416 e. The van der Waals surface area contributed by atoms with Gasteiger partial charge in [0.25, 0.3) is 5.69 Å². The average Bonchev–Trinajstić information content (AvgIpc) is 2.43. The quantitative estimate of drug-likeness (QED) is 0.385. The zero-order chi connectivity index (χ0) is 19.3. The van der Waals surface area contributed by atoms with Gasteiger partial charge in [-0.1, -0.05) is 11.8 Å². The van der Waals surface area contributed by atoms with Crippen molar-refractivity contribution in [1.29, 1.82) is 0 Å². The van der Waals surface area contributed by atoms with Crippen molar-refractivity contribution in [3.8, 4) is 11.8 Å². The van der Waals surface area contributed by atoms with Crippen molar-refractivity contribution in [2.45, 2.75) is 39.0 Å². The van der Waals surface area contributed by atoms with Gasteiger partial charge in [-0.25, -0.2) is 4.79 Å². The van der Waals surface area contributed by atoms with Gasteiger partial charge >= 0.3 is 12.3 Å². The Morgan fingerprint density at radius 3 is 2.48 bits per heavy atom. The Morgan fingerprint density at radius 1 is 1.32 bits per heavy atom. The minimum atomic E-state index is -4.67. The fourth-order valence-corrected chi connectivity index (χ4v) is 1.66. The number of nitro benzene ring substituents is 1. The third-order valence-electron chi connectivity index (χ3n) is 2.66. The van der Waals surface area contributed by atoms with Crippen molar-refractivity contribution < 1.29 is 27.6 Å². The largest absolute Gasteiger partial charge is 0.444 e. The standard InChI is InChI=1S/C16H17F3N2O4/c1-15(2,3)25-14(22)20-9-5-4-6-11-7-8-12(16(17,18)19)10-13(11)21(23)24/h7-8,10H,5,9H2,1-3H3,(H,20,22). The zero-order valence-electron chi connectivity index (χ0n) is 13.9. The third kappa shape index (κ3) is 7.12. The van der Waals surface area contributed by atoms with Crippen LogP contribution in [0.4, 0.5) is 23.7 Å². The van der Waals surface area contributed by atoms with E-state index in [-0.39, 0.29) is 18.5 Å². The number of rotatable bonds is 3. The van der Waals surface area contributed by atoms with Crippen LogP contribution in [0.15, 0.2) is 18.2 Å². The molecule has 25 heavy (non-hydrogen) atoms. The lowest BCUT2D eigenvalue weighted by Crippen LogP contribution is -2.32. The summed E-state index contributed by atoms with van der Waals surface area (Å²) < 4.78 is 42.8. The summed E-state index contributed by atoms with van der Waals surface area (Å²) >= 11 is 0. The van der Waals surface area contributed by atoms with E-state index in [0.717, 1.165) is 12.1 Å². The number of alkyl carbamates (subject to hydrolysis) is 1. The molecule has 0 saturated carbocycles. The van der Waals surface area contributed by atoms with Gasteiger partial charge in [0.15, 0.2) is 0 Å². The van der Waals surface area contributed by atoms with Gasteiger partial charge in [0.05, 0.1) is 10.5 Å². The molecule has 9 heteroatoms. The van der Waals surface area contributed by atoms with E-state index in [1.165, 1.54) is 0 Å². The number of nitrogens with zero attached hydrogens (tertiary/aromatic N) is 1. The topological polar surface area (TPSA) is 81.5 Å². The Morgan fingerprint density at radius 2 is 1.96 bits per heavy atom. The Bertz CT molecular complexity index is 713. The van der Waals surface area contributed by atoms with Crippen LogP contribution in [0.25, 0.3) is 0 Å². The number of carbonyl (C=O) groups excluding carboxylic acids is 1. The highest BCUT2D eigenvalue weighted by Crippen LogP contribution is 2.32. The van der Waals surface area contributed by atoms with Crippen LogP contribution in [0.3, 0.4) is 0 Å². The first kappa shape index (κ1) is 20.3. The second-order valence-electron chi connectivity index (χ2n) is 5.97. The van der Waals surface area contributed by atoms with E-state index in [0.29, 0.717) is 6.07 Å². The first-order valence-electron chi connectivity index (χ1n) is 7.21. The van der Waals surface area contributed by atoms with Gasteiger partial charge in [-0.05, 0) is 32.9 Å². The number of nitrogens with one attached hydrogen (secondary N) is 1. The van der Waals surface area contributed by atoms with Crippen LogP contribution in [0.1, 0.15) is 38.3 Å². The van der Waals surface area contributed by atoms with Crippen LogP contribution in [0.2, 0.25) is 0 Å². The summed E-state index contributed by atoms with van der Waals surface area (Å²) in [6.07, 6.45) is -5.15. The van der Waals surface area contributed by atoms with Crippen LogP contribution >= 0.6 is 0 Å². The number of alkyl halides is 3. The van der Waals surface area contributed by atoms with Crippen molar-refractivity contribution in [3.63, 3.8) is 0 Å². The highest BCUT2D eigenvalue weighted by molar-refractivity contribution is 5.67. The van der Waals surface area contributed by atoms with Gasteiger partial charge in [-0.2, -0.15) is 13.2 Å². The molecule has 0 saturated heterocycles. The van der Waals surface area contributed by atoms with Gasteiger partial charge < -0.3 is 10.1 Å². The van der Waals surface area contributed by atoms with Crippen molar-refractivity contribution in [2.75, 3.05) is 6.54 Å². The first-order chi connectivity index (χ1) is 11.4. The summed E-state index contributed by atoms with van der Waals surface area (Å²) in [7, 11) is 0. The number of amides is 1. The number of benzene rings is 1. The Labute approximate surface area is 142 Å². The molecule has 6 nitrogen and oxygen atoms in total. The minimum Gasteiger partial charge on any atom is -0.444 e. The predicted molar refractivity (Wildman–Crippen MR) is 83.8 cm³/mol. The van der Waals surface area contributed by atoms with E-state index in [1.807, 2.05) is 0 Å². The fourth-order valence-electron chi connectivity index (χ4n) is 1.66. The van der Waals surface area contributed by atoms with Gasteiger partial charge in [-0.15, -0.1) is 0 Å². The minimum absolute atomic E-state index is 0.129. The van der Waals surface area contributed by atoms with Crippen LogP contribution in [0.5, 0.6) is 0 Å². The molecule has 1 aromatic carbocycles. The maximum absolute atomic E-state index is 12.6. The number of ether oxygens (including phenoxy) is 1. The molecule has 0 aliphatic rings. The van der Waals surface area contributed by atoms with E-state index >= 15 is 0 Å². The summed E-state index contributed by atoms with van der Waals surface area (Å²) in [5, 5.41) is 13.4. The number of hydrogen-bond donors (Lipinski definition) is 1. The van der Waals surface area contributed by atoms with E-state index in [1.54, 1.807) is 20.8 Å². The molecule has 0 atom stereocenters. The van der Waals surface area contributed by atoms with Crippen LogP contribution < -0.4 is 5.32 Å². The maximum atomic E-state index is 12.6. The molecule has 0 fully saturated rings. The fraction of sp³-hybridized carbons (Fsp3) is 0.438. The zero-order valence-corrected chi connectivity index (χ0v) is 13.9. The average molecular weight is 358 g/mol. The number of halogens is 3. The van der Waals surface area contributed by atoms with Crippen molar-refractivity contribution in [2.24, 2.45) is 0 Å². The third-order valence-corrected chi connectivity index (χ3v) is 2.66. The molecule has 0 aromatic heterocycles. The van der Waals surface area contributed by atoms with E-state index in [9.17, 15) is 28.1 Å². The molecule has 1 aromatic rings. The van der Waals surface area contributed by atoms with Crippen LogP contribution in [-0.2, 0) is 10.9 Å². The summed E-state index contributed by atoms with van der Waals surface area (Å²) in [5.41, 5.74) is -2.61. The molecule has 0 radical (unpaired) electrons. The first-order valence-corrected chi connectivity index (χ1v) is 7.21. The molecule has 0 spiro atoms. The lowest BCUT2D eigenvalue weighted by atomic mass is 10.1. The summed E-state index contributed by atoms with van der Waals surface area (Å²) in [6.45, 7) is 5.25. The molecular formula is C16H17F3N2O4. The Hall–Kier alpha value is -2.76. The lowest BCUT2D eigenvalue weighted by molar-refractivity contribution is -0.385. The monoisotopic (exact) mass is 358 g/mol. The maximum Gasteiger partial charge on any atom is 0.416 e. The Balaban J connectivity index is 2.73. The molecule has 0 aliphatic carbocycles. The number of nitro groups is 1. The predicted octanol–water partition coefficient (Wildman–Crippen LogP) is 3.88. The molecule has 1 rings (SSSR count). The Kier molecular flexibility index (Phi) is 6.39. The highest BCUT2D eigenvalue weighted by atomic mass is 19.4. The highest BCUT2D eigenvalue weighted by Gasteiger charge is 2.32. The number of hydrogen-bond acceptors (Lipinski definition) is 4. The second-order valence-corrected chi connectivity index (χ2v) is 5.97. The van der Waals surface area contributed by atoms with Gasteiger partial charge in [0.2, 0.25) is 0 Å². The van der Waals surface area contributed by atoms with E-state index < -0.39 is 34.0 Å². The molecule has 0 heterocycles. The van der Waals surface area contributed by atoms with Gasteiger partial charge in [0, 0.05) is 19.0 Å². The van der Waals surface area contributed by atoms with E-state index in [4.69, 9.17) is 4.74 Å². The van der Waals surface area contributed by atoms with Crippen molar-refractivity contribution in [1.82, 2.24) is 5.32 Å². The molecule has 136 valence electrons. The number of carbonyl (C=O) groups is 1. The van der Waals surface area contributed by atoms with Crippen LogP contribution in [-0.4, -0.2) is 23.2 Å². The SMILES string of the molecule is CC(C)(C)OC(=O)NCCC#Cc1ccc(C(F)(F)F)cc1[N+](=O)[O-]. The van der Waals surface area contributed by atoms with Gasteiger partial charge in [-0.3, -0.25) is 10.1 Å². The summed E-state index contributed by atoms with van der Waals surface area (Å²) in [5.74, 6) is 5.01. The molecule has 1 amide bonds. The molecule has 1 N–H and O–H groups in total. The summed E-state index contributed by atoms with van der Waals surface area (Å²) in [4.78, 5) is 21.4. The normalized spacial score (nSPS) is 11.3. The summed E-state index contributed by atoms with van der Waals surface area (Å²) in [6, 6.07) is 2.13. The van der Waals surface area contributed by atoms with Gasteiger partial charge in [0.1, 0.15) is 11.2 Å². The van der Waals surface area contributed by atoms with Crippen LogP contribution in [0, 0.1) is 22.0 Å². The lowest BCUT2D eigenvalue weighted by Gasteiger charge is -2.19. The molecule has 0 bridgehead atoms. The second kappa shape index (κ2) is 7.88. The molecular weight excluding hydrogens is 341 g/mol.